The van der Waals surface area contributed by atoms with Gasteiger partial charge in [-0.3, -0.25) is 4.79 Å². The second kappa shape index (κ2) is 7.78. The van der Waals surface area contributed by atoms with Crippen LogP contribution in [0.2, 0.25) is 5.02 Å². The Kier molecular flexibility index (Phi) is 5.65. The summed E-state index contributed by atoms with van der Waals surface area (Å²) in [6, 6.07) is 14.4. The maximum atomic E-state index is 12.7. The maximum absolute atomic E-state index is 12.7. The molecule has 1 aliphatic rings. The molecule has 7 heteroatoms. The highest BCUT2D eigenvalue weighted by atomic mass is 35.5. The van der Waals surface area contributed by atoms with Crippen molar-refractivity contribution in [1.29, 1.82) is 0 Å². The van der Waals surface area contributed by atoms with E-state index in [1.807, 2.05) is 25.1 Å². The highest BCUT2D eigenvalue weighted by Crippen LogP contribution is 2.21. The van der Waals surface area contributed by atoms with Gasteiger partial charge in [-0.05, 0) is 30.2 Å². The third-order valence-electron chi connectivity index (χ3n) is 4.59. The van der Waals surface area contributed by atoms with Gasteiger partial charge in [-0.2, -0.15) is 4.31 Å². The summed E-state index contributed by atoms with van der Waals surface area (Å²) in [7, 11) is -3.47. The smallest absolute Gasteiger partial charge is 0.254 e. The van der Waals surface area contributed by atoms with Gasteiger partial charge in [-0.25, -0.2) is 8.42 Å². The molecular weight excluding hydrogens is 372 g/mol. The van der Waals surface area contributed by atoms with Crippen molar-refractivity contribution >= 4 is 27.5 Å². The number of rotatable bonds is 4. The molecular formula is C19H21ClN2O3S. The Balaban J connectivity index is 1.65. The number of carbonyl (C=O) groups is 1. The van der Waals surface area contributed by atoms with E-state index < -0.39 is 10.0 Å². The molecule has 0 N–H and O–H groups in total. The average Bonchev–Trinajstić information content (AvgIpc) is 2.63. The Morgan fingerprint density at radius 3 is 2.27 bits per heavy atom. The van der Waals surface area contributed by atoms with Gasteiger partial charge >= 0.3 is 0 Å². The molecule has 1 fully saturated rings. The first-order valence-electron chi connectivity index (χ1n) is 8.44. The maximum Gasteiger partial charge on any atom is 0.254 e. The Bertz CT molecular complexity index is 907. The van der Waals surface area contributed by atoms with E-state index in [9.17, 15) is 13.2 Å². The average molecular weight is 393 g/mol. The zero-order chi connectivity index (χ0) is 18.7. The highest BCUT2D eigenvalue weighted by molar-refractivity contribution is 7.88. The molecule has 1 amide bonds. The van der Waals surface area contributed by atoms with Crippen molar-refractivity contribution in [3.8, 4) is 0 Å². The van der Waals surface area contributed by atoms with E-state index in [1.165, 1.54) is 4.31 Å². The van der Waals surface area contributed by atoms with Crippen LogP contribution in [0.15, 0.2) is 48.5 Å². The molecule has 1 aliphatic heterocycles. The zero-order valence-electron chi connectivity index (χ0n) is 14.6. The highest BCUT2D eigenvalue weighted by Gasteiger charge is 2.30. The van der Waals surface area contributed by atoms with Gasteiger partial charge < -0.3 is 4.90 Å². The molecule has 5 nitrogen and oxygen atoms in total. The normalized spacial score (nSPS) is 15.8. The van der Waals surface area contributed by atoms with E-state index in [0.29, 0.717) is 42.3 Å². The van der Waals surface area contributed by atoms with Crippen molar-refractivity contribution in [2.45, 2.75) is 12.7 Å². The van der Waals surface area contributed by atoms with Gasteiger partial charge in [0, 0.05) is 36.8 Å². The fraction of sp³-hybridized carbons (Fsp3) is 0.316. The number of hydrogen-bond donors (Lipinski definition) is 0. The van der Waals surface area contributed by atoms with Crippen LogP contribution in [0.4, 0.5) is 0 Å². The summed E-state index contributed by atoms with van der Waals surface area (Å²) in [6.07, 6.45) is 0. The quantitative estimate of drug-likeness (QED) is 0.803. The Morgan fingerprint density at radius 2 is 1.62 bits per heavy atom. The van der Waals surface area contributed by atoms with Gasteiger partial charge in [0.15, 0.2) is 0 Å². The molecule has 0 atom stereocenters. The van der Waals surface area contributed by atoms with Crippen molar-refractivity contribution in [1.82, 2.24) is 9.21 Å². The summed E-state index contributed by atoms with van der Waals surface area (Å²) in [5, 5.41) is 0.449. The predicted molar refractivity (Wildman–Crippen MR) is 103 cm³/mol. The van der Waals surface area contributed by atoms with E-state index in [1.54, 1.807) is 35.2 Å². The lowest BCUT2D eigenvalue weighted by Crippen LogP contribution is -2.50. The molecule has 2 aromatic rings. The SMILES string of the molecule is Cc1ccccc1C(=O)N1CCN(S(=O)(=O)Cc2ccccc2Cl)CC1. The first-order chi connectivity index (χ1) is 12.4. The van der Waals surface area contributed by atoms with Crippen molar-refractivity contribution in [3.05, 3.63) is 70.2 Å². The summed E-state index contributed by atoms with van der Waals surface area (Å²) in [5.74, 6) is -0.176. The number of amides is 1. The van der Waals surface area contributed by atoms with E-state index in [4.69, 9.17) is 11.6 Å². The van der Waals surface area contributed by atoms with E-state index in [0.717, 1.165) is 5.56 Å². The van der Waals surface area contributed by atoms with Crippen molar-refractivity contribution in [2.24, 2.45) is 0 Å². The molecule has 26 heavy (non-hydrogen) atoms. The number of nitrogens with zero attached hydrogens (tertiary/aromatic N) is 2. The molecule has 0 aliphatic carbocycles. The minimum atomic E-state index is -3.47. The minimum absolute atomic E-state index is 0.0498. The summed E-state index contributed by atoms with van der Waals surface area (Å²) in [5.41, 5.74) is 2.18. The number of carbonyl (C=O) groups excluding carboxylic acids is 1. The summed E-state index contributed by atoms with van der Waals surface area (Å²) >= 11 is 6.08. The van der Waals surface area contributed by atoms with Gasteiger partial charge in [0.25, 0.3) is 5.91 Å². The molecule has 0 saturated carbocycles. The lowest BCUT2D eigenvalue weighted by Gasteiger charge is -2.34. The van der Waals surface area contributed by atoms with Crippen LogP contribution in [0.1, 0.15) is 21.5 Å². The fourth-order valence-corrected chi connectivity index (χ4v) is 4.88. The van der Waals surface area contributed by atoms with Crippen LogP contribution >= 0.6 is 11.6 Å². The van der Waals surface area contributed by atoms with E-state index in [-0.39, 0.29) is 11.7 Å². The molecule has 0 unspecified atom stereocenters. The fourth-order valence-electron chi connectivity index (χ4n) is 3.06. The largest absolute Gasteiger partial charge is 0.336 e. The molecule has 2 aromatic carbocycles. The van der Waals surface area contributed by atoms with Crippen molar-refractivity contribution in [2.75, 3.05) is 26.2 Å². The molecule has 3 rings (SSSR count). The molecule has 0 radical (unpaired) electrons. The third kappa shape index (κ3) is 4.09. The van der Waals surface area contributed by atoms with E-state index in [2.05, 4.69) is 0 Å². The van der Waals surface area contributed by atoms with Gasteiger partial charge in [0.05, 0.1) is 5.75 Å². The minimum Gasteiger partial charge on any atom is -0.336 e. The summed E-state index contributed by atoms with van der Waals surface area (Å²) in [6.45, 7) is 3.26. The Labute approximate surface area is 159 Å². The number of benzene rings is 2. The van der Waals surface area contributed by atoms with Crippen LogP contribution in [0, 0.1) is 6.92 Å². The van der Waals surface area contributed by atoms with Crippen LogP contribution in [0.5, 0.6) is 0 Å². The topological polar surface area (TPSA) is 57.7 Å². The first kappa shape index (κ1) is 18.9. The Morgan fingerprint density at radius 1 is 1.00 bits per heavy atom. The van der Waals surface area contributed by atoms with Gasteiger partial charge in [0.1, 0.15) is 0 Å². The molecule has 138 valence electrons. The number of hydrogen-bond acceptors (Lipinski definition) is 3. The van der Waals surface area contributed by atoms with Crippen LogP contribution < -0.4 is 0 Å². The molecule has 0 aromatic heterocycles. The monoisotopic (exact) mass is 392 g/mol. The van der Waals surface area contributed by atoms with Gasteiger partial charge in [-0.15, -0.1) is 0 Å². The zero-order valence-corrected chi connectivity index (χ0v) is 16.1. The van der Waals surface area contributed by atoms with Crippen LogP contribution in [0.25, 0.3) is 0 Å². The van der Waals surface area contributed by atoms with Crippen molar-refractivity contribution in [3.63, 3.8) is 0 Å². The predicted octanol–water partition coefficient (Wildman–Crippen LogP) is 2.94. The van der Waals surface area contributed by atoms with Crippen molar-refractivity contribution < 1.29 is 13.2 Å². The number of aryl methyl sites for hydroxylation is 1. The van der Waals surface area contributed by atoms with E-state index >= 15 is 0 Å². The number of sulfonamides is 1. The number of halogens is 1. The summed E-state index contributed by atoms with van der Waals surface area (Å²) < 4.78 is 26.8. The second-order valence-electron chi connectivity index (χ2n) is 6.35. The summed E-state index contributed by atoms with van der Waals surface area (Å²) in [4.78, 5) is 14.4. The second-order valence-corrected chi connectivity index (χ2v) is 8.73. The molecule has 0 bridgehead atoms. The standard InChI is InChI=1S/C19H21ClN2O3S/c1-15-6-2-4-8-17(15)19(23)21-10-12-22(13-11-21)26(24,25)14-16-7-3-5-9-18(16)20/h2-9H,10-14H2,1H3. The van der Waals surface area contributed by atoms with Crippen LogP contribution in [-0.4, -0.2) is 49.7 Å². The third-order valence-corrected chi connectivity index (χ3v) is 6.79. The lowest BCUT2D eigenvalue weighted by atomic mass is 10.1. The molecule has 1 heterocycles. The van der Waals surface area contributed by atoms with Crippen LogP contribution in [0.3, 0.4) is 0 Å². The van der Waals surface area contributed by atoms with Crippen LogP contribution in [-0.2, 0) is 15.8 Å². The molecule has 0 spiro atoms. The van der Waals surface area contributed by atoms with Gasteiger partial charge in [0.2, 0.25) is 10.0 Å². The molecule has 1 saturated heterocycles. The Hall–Kier alpha value is -1.89. The first-order valence-corrected chi connectivity index (χ1v) is 10.4. The lowest BCUT2D eigenvalue weighted by molar-refractivity contribution is 0.0697. The number of piperazine rings is 1. The van der Waals surface area contributed by atoms with Gasteiger partial charge in [-0.1, -0.05) is 48.0 Å².